The van der Waals surface area contributed by atoms with Crippen molar-refractivity contribution in [3.8, 4) is 5.75 Å². The molecule has 2 fully saturated rings. The molecule has 202 valence electrons. The normalized spacial score (nSPS) is 19.4. The molecule has 13 heteroatoms. The molecular formula is C25H32N8O5. The van der Waals surface area contributed by atoms with Gasteiger partial charge in [-0.1, -0.05) is 6.92 Å². The van der Waals surface area contributed by atoms with Crippen LogP contribution in [0.3, 0.4) is 0 Å². The number of carboxylic acid groups (broad SMARTS) is 1. The van der Waals surface area contributed by atoms with E-state index >= 15 is 0 Å². The van der Waals surface area contributed by atoms with Gasteiger partial charge in [0.25, 0.3) is 0 Å². The fourth-order valence-electron chi connectivity index (χ4n) is 5.32. The summed E-state index contributed by atoms with van der Waals surface area (Å²) in [5.74, 6) is -1.71. The molecule has 1 aromatic carbocycles. The first-order valence-electron chi connectivity index (χ1n) is 12.4. The van der Waals surface area contributed by atoms with Crippen molar-refractivity contribution in [2.45, 2.75) is 31.0 Å². The van der Waals surface area contributed by atoms with Crippen molar-refractivity contribution in [3.63, 3.8) is 0 Å². The minimum atomic E-state index is -1.67. The van der Waals surface area contributed by atoms with Gasteiger partial charge < -0.3 is 36.0 Å². The lowest BCUT2D eigenvalue weighted by molar-refractivity contribution is -0.173. The number of rotatable bonds is 10. The molecule has 2 aliphatic heterocycles. The lowest BCUT2D eigenvalue weighted by atomic mass is 9.74. The summed E-state index contributed by atoms with van der Waals surface area (Å²) in [7, 11) is 0. The average Bonchev–Trinajstić information content (AvgIpc) is 2.92. The highest BCUT2D eigenvalue weighted by Crippen LogP contribution is 2.42. The van der Waals surface area contributed by atoms with E-state index in [0.29, 0.717) is 30.0 Å². The number of nitrogens with one attached hydrogen (secondary N) is 3. The number of carbonyl (C=O) groups excluding carboxylic acids is 2. The van der Waals surface area contributed by atoms with Gasteiger partial charge in [-0.15, -0.1) is 0 Å². The standard InChI is InChI=1S/C25H32N8O5/c1-2-19(38-18-5-3-16(4-6-18)23(26)27)25(17-11-30-15-31-12-17,33-10-8-29-14-21(33)35)22(24(36)37)32-9-7-28-13-20(32)34/h3-6,11-12,15,19,22,28-29H,2,7-10,13-14H2,1H3,(H3,26,27)(H,36,37). The summed E-state index contributed by atoms with van der Waals surface area (Å²) in [4.78, 5) is 51.0. The summed E-state index contributed by atoms with van der Waals surface area (Å²) in [5.41, 5.74) is 4.76. The maximum Gasteiger partial charge on any atom is 0.329 e. The average molecular weight is 525 g/mol. The SMILES string of the molecule is CCC(Oc1ccc(C(=N)N)cc1)C(c1cncnc1)(C(C(=O)O)N1CCNCC1=O)N1CCNCC1=O. The van der Waals surface area contributed by atoms with Crippen molar-refractivity contribution >= 4 is 23.6 Å². The summed E-state index contributed by atoms with van der Waals surface area (Å²) >= 11 is 0. The maximum absolute atomic E-state index is 13.5. The summed E-state index contributed by atoms with van der Waals surface area (Å²) < 4.78 is 6.48. The molecule has 4 rings (SSSR count). The number of carbonyl (C=O) groups is 3. The highest BCUT2D eigenvalue weighted by molar-refractivity contribution is 5.95. The van der Waals surface area contributed by atoms with E-state index in [1.807, 2.05) is 6.92 Å². The van der Waals surface area contributed by atoms with Gasteiger partial charge in [-0.2, -0.15) is 0 Å². The van der Waals surface area contributed by atoms with Crippen LogP contribution in [0.1, 0.15) is 24.5 Å². The van der Waals surface area contributed by atoms with E-state index in [9.17, 15) is 19.5 Å². The van der Waals surface area contributed by atoms with Crippen molar-refractivity contribution in [1.82, 2.24) is 30.4 Å². The number of nitrogens with two attached hydrogens (primary N) is 1. The number of nitrogens with zero attached hydrogens (tertiary/aromatic N) is 4. The van der Waals surface area contributed by atoms with E-state index in [1.54, 1.807) is 24.3 Å². The third-order valence-electron chi connectivity index (χ3n) is 6.95. The van der Waals surface area contributed by atoms with Crippen LogP contribution in [0.5, 0.6) is 5.75 Å². The zero-order chi connectivity index (χ0) is 27.3. The largest absolute Gasteiger partial charge is 0.488 e. The van der Waals surface area contributed by atoms with Crippen LogP contribution in [-0.2, 0) is 19.9 Å². The molecule has 3 atom stereocenters. The Morgan fingerprint density at radius 2 is 1.76 bits per heavy atom. The van der Waals surface area contributed by atoms with Crippen LogP contribution in [0, 0.1) is 5.41 Å². The van der Waals surface area contributed by atoms with Gasteiger partial charge in [0.1, 0.15) is 29.6 Å². The number of aromatic nitrogens is 2. The molecule has 1 aromatic heterocycles. The number of hydrogen-bond acceptors (Lipinski definition) is 9. The number of piperazine rings is 2. The van der Waals surface area contributed by atoms with Crippen LogP contribution < -0.4 is 21.1 Å². The number of nitrogen functional groups attached to an aromatic ring is 1. The second kappa shape index (κ2) is 11.5. The molecule has 0 radical (unpaired) electrons. The Morgan fingerprint density at radius 1 is 1.13 bits per heavy atom. The minimum Gasteiger partial charge on any atom is -0.488 e. The number of amidine groups is 1. The Labute approximate surface area is 219 Å². The van der Waals surface area contributed by atoms with Gasteiger partial charge in [-0.25, -0.2) is 14.8 Å². The van der Waals surface area contributed by atoms with Crippen molar-refractivity contribution in [2.24, 2.45) is 5.73 Å². The van der Waals surface area contributed by atoms with Crippen LogP contribution in [0.2, 0.25) is 0 Å². The topological polar surface area (TPSA) is 187 Å². The molecule has 3 heterocycles. The molecule has 38 heavy (non-hydrogen) atoms. The van der Waals surface area contributed by atoms with Gasteiger partial charge in [0.15, 0.2) is 6.04 Å². The summed E-state index contributed by atoms with van der Waals surface area (Å²) in [6.45, 7) is 2.95. The van der Waals surface area contributed by atoms with Crippen molar-refractivity contribution in [1.29, 1.82) is 5.41 Å². The predicted molar refractivity (Wildman–Crippen MR) is 136 cm³/mol. The van der Waals surface area contributed by atoms with Crippen molar-refractivity contribution in [2.75, 3.05) is 39.3 Å². The molecular weight excluding hydrogens is 492 g/mol. The molecule has 2 saturated heterocycles. The quantitative estimate of drug-likeness (QED) is 0.193. The highest BCUT2D eigenvalue weighted by atomic mass is 16.5. The van der Waals surface area contributed by atoms with Crippen LogP contribution >= 0.6 is 0 Å². The van der Waals surface area contributed by atoms with Gasteiger partial charge in [0.05, 0.1) is 13.1 Å². The molecule has 0 aliphatic carbocycles. The van der Waals surface area contributed by atoms with Crippen LogP contribution in [0.25, 0.3) is 0 Å². The highest BCUT2D eigenvalue weighted by Gasteiger charge is 2.60. The Balaban J connectivity index is 1.95. The van der Waals surface area contributed by atoms with Crippen molar-refractivity contribution < 1.29 is 24.2 Å². The number of aliphatic carboxylic acids is 1. The smallest absolute Gasteiger partial charge is 0.329 e. The van der Waals surface area contributed by atoms with Gasteiger partial charge in [-0.05, 0) is 30.7 Å². The third kappa shape index (κ3) is 5.02. The van der Waals surface area contributed by atoms with Crippen LogP contribution in [-0.4, -0.2) is 99.9 Å². The summed E-state index contributed by atoms with van der Waals surface area (Å²) in [6.07, 6.45) is 3.64. The zero-order valence-electron chi connectivity index (χ0n) is 21.1. The van der Waals surface area contributed by atoms with Gasteiger partial charge in [-0.3, -0.25) is 15.0 Å². The van der Waals surface area contributed by atoms with E-state index in [4.69, 9.17) is 15.9 Å². The molecule has 3 unspecified atom stereocenters. The molecule has 2 aromatic rings. The minimum absolute atomic E-state index is 0.00102. The predicted octanol–water partition coefficient (Wildman–Crippen LogP) is -0.870. The van der Waals surface area contributed by atoms with Crippen LogP contribution in [0.15, 0.2) is 43.0 Å². The first-order chi connectivity index (χ1) is 18.3. The fraction of sp³-hybridized carbons (Fsp3) is 0.440. The Bertz CT molecular complexity index is 1180. The first-order valence-corrected chi connectivity index (χ1v) is 12.4. The maximum atomic E-state index is 13.5. The number of hydrogen-bond donors (Lipinski definition) is 5. The monoisotopic (exact) mass is 524 g/mol. The zero-order valence-corrected chi connectivity index (χ0v) is 21.1. The lowest BCUT2D eigenvalue weighted by Gasteiger charge is -2.54. The second-order valence-corrected chi connectivity index (χ2v) is 9.13. The van der Waals surface area contributed by atoms with Crippen LogP contribution in [0.4, 0.5) is 0 Å². The fourth-order valence-corrected chi connectivity index (χ4v) is 5.32. The molecule has 13 nitrogen and oxygen atoms in total. The van der Waals surface area contributed by atoms with Gasteiger partial charge in [0.2, 0.25) is 11.8 Å². The van der Waals surface area contributed by atoms with Crippen molar-refractivity contribution in [3.05, 3.63) is 54.1 Å². The number of carboxylic acids is 1. The van der Waals surface area contributed by atoms with E-state index in [-0.39, 0.29) is 44.3 Å². The number of ether oxygens (including phenoxy) is 1. The first kappa shape index (κ1) is 26.9. The Morgan fingerprint density at radius 3 is 2.32 bits per heavy atom. The summed E-state index contributed by atoms with van der Waals surface area (Å²) in [6, 6.07) is 5.03. The Kier molecular flexibility index (Phi) is 8.17. The van der Waals surface area contributed by atoms with E-state index < -0.39 is 29.6 Å². The third-order valence-corrected chi connectivity index (χ3v) is 6.95. The van der Waals surface area contributed by atoms with E-state index in [0.717, 1.165) is 0 Å². The lowest BCUT2D eigenvalue weighted by Crippen LogP contribution is -2.74. The van der Waals surface area contributed by atoms with E-state index in [2.05, 4.69) is 20.6 Å². The Hall–Kier alpha value is -4.10. The molecule has 0 spiro atoms. The molecule has 0 bridgehead atoms. The van der Waals surface area contributed by atoms with E-state index in [1.165, 1.54) is 28.5 Å². The summed E-state index contributed by atoms with van der Waals surface area (Å²) in [5, 5.41) is 24.4. The molecule has 0 saturated carbocycles. The second-order valence-electron chi connectivity index (χ2n) is 9.13. The number of amides is 2. The van der Waals surface area contributed by atoms with Gasteiger partial charge >= 0.3 is 5.97 Å². The molecule has 2 amide bonds. The molecule has 2 aliphatic rings. The molecule has 6 N–H and O–H groups in total. The number of benzene rings is 1. The van der Waals surface area contributed by atoms with Gasteiger partial charge in [0, 0.05) is 49.7 Å².